The van der Waals surface area contributed by atoms with E-state index in [1.54, 1.807) is 12.1 Å². The first-order chi connectivity index (χ1) is 11.7. The number of ether oxygens (including phenoxy) is 2. The van der Waals surface area contributed by atoms with E-state index in [-0.39, 0.29) is 18.2 Å². The van der Waals surface area contributed by atoms with Gasteiger partial charge < -0.3 is 14.4 Å². The van der Waals surface area contributed by atoms with E-state index >= 15 is 0 Å². The second kappa shape index (κ2) is 9.30. The summed E-state index contributed by atoms with van der Waals surface area (Å²) in [4.78, 5) is 2.29. The zero-order valence-electron chi connectivity index (χ0n) is 14.5. The molecule has 5 heteroatoms. The summed E-state index contributed by atoms with van der Waals surface area (Å²) in [6, 6.07) is 16.9. The van der Waals surface area contributed by atoms with Crippen LogP contribution in [0.25, 0.3) is 0 Å². The molecule has 0 amide bonds. The van der Waals surface area contributed by atoms with E-state index in [4.69, 9.17) is 9.47 Å². The summed E-state index contributed by atoms with van der Waals surface area (Å²) in [5.74, 6) is -0.962. The van der Waals surface area contributed by atoms with Crippen molar-refractivity contribution in [2.75, 3.05) is 26.8 Å². The Bertz CT molecular complexity index is 630. The summed E-state index contributed by atoms with van der Waals surface area (Å²) in [5.41, 5.74) is 2.20. The molecule has 0 N–H and O–H groups in total. The van der Waals surface area contributed by atoms with Gasteiger partial charge >= 0.3 is 0 Å². The molecular weight excluding hydrogens is 341 g/mol. The van der Waals surface area contributed by atoms with E-state index in [0.29, 0.717) is 13.2 Å². The first kappa shape index (κ1) is 19.9. The number of hydrogen-bond acceptors (Lipinski definition) is 3. The van der Waals surface area contributed by atoms with Crippen molar-refractivity contribution in [2.24, 2.45) is 0 Å². The van der Waals surface area contributed by atoms with Crippen LogP contribution in [0.4, 0.5) is 4.39 Å². The quantitative estimate of drug-likeness (QED) is 0.727. The minimum absolute atomic E-state index is 0. The maximum Gasteiger partial charge on any atom is 0.195 e. The molecule has 1 aliphatic rings. The van der Waals surface area contributed by atoms with Crippen molar-refractivity contribution in [1.82, 2.24) is 4.90 Å². The van der Waals surface area contributed by atoms with Crippen LogP contribution in [0.15, 0.2) is 54.6 Å². The molecule has 0 atom stereocenters. The molecule has 0 saturated carbocycles. The lowest BCUT2D eigenvalue weighted by atomic mass is 10.0. The second-order valence-corrected chi connectivity index (χ2v) is 6.28. The number of nitrogens with zero attached hydrogens (tertiary/aromatic N) is 1. The fraction of sp³-hybridized carbons (Fsp3) is 0.400. The average molecular weight is 366 g/mol. The van der Waals surface area contributed by atoms with Crippen LogP contribution in [-0.2, 0) is 21.8 Å². The van der Waals surface area contributed by atoms with E-state index in [1.807, 2.05) is 6.07 Å². The fourth-order valence-corrected chi connectivity index (χ4v) is 3.17. The molecule has 3 rings (SSSR count). The van der Waals surface area contributed by atoms with Crippen molar-refractivity contribution in [3.8, 4) is 0 Å². The number of hydrogen-bond donors (Lipinski definition) is 0. The summed E-state index contributed by atoms with van der Waals surface area (Å²) in [5, 5.41) is 0. The van der Waals surface area contributed by atoms with Crippen LogP contribution in [0.3, 0.4) is 0 Å². The predicted octanol–water partition coefficient (Wildman–Crippen LogP) is 4.36. The van der Waals surface area contributed by atoms with Gasteiger partial charge in [-0.3, -0.25) is 0 Å². The summed E-state index contributed by atoms with van der Waals surface area (Å²) < 4.78 is 25.0. The van der Waals surface area contributed by atoms with Crippen LogP contribution >= 0.6 is 12.4 Å². The standard InChI is InChI=1S/C20H24FNO2.ClH/c1-22(16-17-6-3-2-4-7-17)13-5-12-20(23-14-15-24-20)18-8-10-19(21)11-9-18;/h2-4,6-11H,5,12-16H2,1H3;1H. The molecule has 0 aromatic heterocycles. The molecule has 0 unspecified atom stereocenters. The van der Waals surface area contributed by atoms with E-state index in [2.05, 4.69) is 36.2 Å². The van der Waals surface area contributed by atoms with Gasteiger partial charge in [-0.15, -0.1) is 12.4 Å². The molecule has 25 heavy (non-hydrogen) atoms. The monoisotopic (exact) mass is 365 g/mol. The van der Waals surface area contributed by atoms with Gasteiger partial charge in [0.15, 0.2) is 5.79 Å². The van der Waals surface area contributed by atoms with Gasteiger partial charge in [0, 0.05) is 18.5 Å². The molecule has 1 heterocycles. The number of benzene rings is 2. The predicted molar refractivity (Wildman–Crippen MR) is 99.2 cm³/mol. The molecule has 0 aliphatic carbocycles. The summed E-state index contributed by atoms with van der Waals surface area (Å²) in [6.07, 6.45) is 1.71. The van der Waals surface area contributed by atoms with Crippen LogP contribution in [-0.4, -0.2) is 31.7 Å². The lowest BCUT2D eigenvalue weighted by Crippen LogP contribution is -2.29. The van der Waals surface area contributed by atoms with E-state index < -0.39 is 5.79 Å². The van der Waals surface area contributed by atoms with Gasteiger partial charge in [0.2, 0.25) is 0 Å². The van der Waals surface area contributed by atoms with Crippen LogP contribution in [0.1, 0.15) is 24.0 Å². The molecule has 0 bridgehead atoms. The largest absolute Gasteiger partial charge is 0.343 e. The summed E-state index contributed by atoms with van der Waals surface area (Å²) in [6.45, 7) is 3.03. The SMILES string of the molecule is CN(CCCC1(c2ccc(F)cc2)OCCO1)Cc1ccccc1.Cl. The molecule has 1 aliphatic heterocycles. The first-order valence-corrected chi connectivity index (χ1v) is 8.44. The van der Waals surface area contributed by atoms with E-state index in [1.165, 1.54) is 17.7 Å². The van der Waals surface area contributed by atoms with Crippen molar-refractivity contribution < 1.29 is 13.9 Å². The summed E-state index contributed by atoms with van der Waals surface area (Å²) in [7, 11) is 2.12. The van der Waals surface area contributed by atoms with E-state index in [9.17, 15) is 4.39 Å². The lowest BCUT2D eigenvalue weighted by molar-refractivity contribution is -0.172. The normalized spacial score (nSPS) is 16.0. The van der Waals surface area contributed by atoms with Crippen molar-refractivity contribution in [2.45, 2.75) is 25.2 Å². The van der Waals surface area contributed by atoms with Gasteiger partial charge in [0.25, 0.3) is 0 Å². The average Bonchev–Trinajstić information content (AvgIpc) is 3.06. The zero-order valence-corrected chi connectivity index (χ0v) is 15.3. The minimum Gasteiger partial charge on any atom is -0.343 e. The molecule has 1 fully saturated rings. The van der Waals surface area contributed by atoms with Gasteiger partial charge in [0.1, 0.15) is 5.82 Å². The van der Waals surface area contributed by atoms with Crippen molar-refractivity contribution >= 4 is 12.4 Å². The Labute approximate surface area is 155 Å². The Hall–Kier alpha value is -1.46. The Morgan fingerprint density at radius 3 is 2.28 bits per heavy atom. The molecule has 3 nitrogen and oxygen atoms in total. The second-order valence-electron chi connectivity index (χ2n) is 6.28. The highest BCUT2D eigenvalue weighted by atomic mass is 35.5. The molecule has 0 spiro atoms. The van der Waals surface area contributed by atoms with Crippen LogP contribution in [0.5, 0.6) is 0 Å². The lowest BCUT2D eigenvalue weighted by Gasteiger charge is -2.29. The van der Waals surface area contributed by atoms with Crippen molar-refractivity contribution in [3.05, 3.63) is 71.5 Å². The highest BCUT2D eigenvalue weighted by molar-refractivity contribution is 5.85. The van der Waals surface area contributed by atoms with Crippen LogP contribution in [0.2, 0.25) is 0 Å². The van der Waals surface area contributed by atoms with Gasteiger partial charge in [0.05, 0.1) is 13.2 Å². The van der Waals surface area contributed by atoms with Gasteiger partial charge in [-0.05, 0) is 37.7 Å². The maximum atomic E-state index is 13.2. The molecule has 1 saturated heterocycles. The zero-order chi connectivity index (χ0) is 16.8. The molecular formula is C20H25ClFNO2. The summed E-state index contributed by atoms with van der Waals surface area (Å²) >= 11 is 0. The van der Waals surface area contributed by atoms with Gasteiger partial charge in [-0.1, -0.05) is 42.5 Å². The molecule has 136 valence electrons. The number of halogens is 2. The Kier molecular flexibility index (Phi) is 7.38. The third-order valence-corrected chi connectivity index (χ3v) is 4.38. The third-order valence-electron chi connectivity index (χ3n) is 4.38. The van der Waals surface area contributed by atoms with Gasteiger partial charge in [-0.2, -0.15) is 0 Å². The van der Waals surface area contributed by atoms with Crippen LogP contribution < -0.4 is 0 Å². The Balaban J connectivity index is 0.00000225. The van der Waals surface area contributed by atoms with Crippen molar-refractivity contribution in [3.63, 3.8) is 0 Å². The Morgan fingerprint density at radius 2 is 1.64 bits per heavy atom. The fourth-order valence-electron chi connectivity index (χ4n) is 3.17. The highest BCUT2D eigenvalue weighted by Crippen LogP contribution is 2.36. The smallest absolute Gasteiger partial charge is 0.195 e. The highest BCUT2D eigenvalue weighted by Gasteiger charge is 2.38. The minimum atomic E-state index is -0.721. The molecule has 0 radical (unpaired) electrons. The Morgan fingerprint density at radius 1 is 1.00 bits per heavy atom. The first-order valence-electron chi connectivity index (χ1n) is 8.44. The topological polar surface area (TPSA) is 21.7 Å². The van der Waals surface area contributed by atoms with Crippen LogP contribution in [0, 0.1) is 5.82 Å². The van der Waals surface area contributed by atoms with Crippen molar-refractivity contribution in [1.29, 1.82) is 0 Å². The van der Waals surface area contributed by atoms with Gasteiger partial charge in [-0.25, -0.2) is 4.39 Å². The third kappa shape index (κ3) is 5.25. The maximum absolute atomic E-state index is 13.2. The number of rotatable bonds is 7. The molecule has 2 aromatic rings. The van der Waals surface area contributed by atoms with E-state index in [0.717, 1.165) is 31.5 Å². The molecule has 2 aromatic carbocycles.